The molecule has 2 atom stereocenters. The Kier molecular flexibility index (Phi) is 18.7. The number of nitrogens with one attached hydrogen (secondary N) is 2. The van der Waals surface area contributed by atoms with Crippen molar-refractivity contribution in [3.8, 4) is 0 Å². The normalized spacial score (nSPS) is 14.6. The first-order valence-corrected chi connectivity index (χ1v) is 14.9. The molecule has 0 fully saturated rings. The molecule has 1 amide bonds. The summed E-state index contributed by atoms with van der Waals surface area (Å²) in [6.07, 6.45) is -0.617. The van der Waals surface area contributed by atoms with Crippen LogP contribution in [0.4, 0.5) is 9.59 Å². The number of ether oxygens (including phenoxy) is 6. The summed E-state index contributed by atoms with van der Waals surface area (Å²) in [7, 11) is 1.24. The summed E-state index contributed by atoms with van der Waals surface area (Å²) in [5.41, 5.74) is 1.62. The number of carbonyl (C=O) groups excluding carboxylic acids is 4. The lowest BCUT2D eigenvalue weighted by atomic mass is 9.80. The van der Waals surface area contributed by atoms with Gasteiger partial charge in [-0.15, -0.1) is 10.1 Å². The molecule has 0 radical (unpaired) electrons. The third kappa shape index (κ3) is 13.6. The van der Waals surface area contributed by atoms with Crippen LogP contribution in [0.25, 0.3) is 0 Å². The Balaban J connectivity index is 0.00000541. The highest BCUT2D eigenvalue weighted by atomic mass is 35.5. The molecule has 0 spiro atoms. The van der Waals surface area contributed by atoms with E-state index < -0.39 is 41.5 Å². The van der Waals surface area contributed by atoms with Crippen LogP contribution in [0.15, 0.2) is 59.0 Å². The number of carbonyl (C=O) groups is 4. The van der Waals surface area contributed by atoms with Crippen LogP contribution < -0.4 is 10.6 Å². The topological polar surface area (TPSA) is 200 Å². The molecule has 2 rings (SSSR count). The number of alkyl carbamates (subject to hydrolysis) is 1. The number of amides is 1. The predicted molar refractivity (Wildman–Crippen MR) is 166 cm³/mol. The smallest absolute Gasteiger partial charge is 0.466 e. The first-order chi connectivity index (χ1) is 22.5. The van der Waals surface area contributed by atoms with Crippen LogP contribution in [0.3, 0.4) is 0 Å². The first kappa shape index (κ1) is 40.2. The molecule has 0 aromatic heterocycles. The molecular weight excluding hydrogens is 646 g/mol. The van der Waals surface area contributed by atoms with Crippen molar-refractivity contribution in [2.75, 3.05) is 46.7 Å². The number of allylic oxidation sites excluding steroid dienone is 1. The van der Waals surface area contributed by atoms with Gasteiger partial charge in [0, 0.05) is 17.3 Å². The number of esters is 2. The molecule has 0 saturated heterocycles. The molecule has 16 nitrogen and oxygen atoms in total. The number of halogens is 1. The van der Waals surface area contributed by atoms with E-state index in [2.05, 4.69) is 24.9 Å². The van der Waals surface area contributed by atoms with Crippen LogP contribution >= 0.6 is 11.6 Å². The molecule has 2 N–H and O–H groups in total. The number of dihydropyridines is 1. The molecule has 0 bridgehead atoms. The molecule has 2 unspecified atom stereocenters. The highest BCUT2D eigenvalue weighted by Crippen LogP contribution is 2.41. The summed E-state index contributed by atoms with van der Waals surface area (Å²) in [5, 5.41) is 14.9. The molecule has 47 heavy (non-hydrogen) atoms. The first-order valence-electron chi connectivity index (χ1n) is 14.5. The minimum Gasteiger partial charge on any atom is -0.466 e. The number of nitrogens with zero attached hydrogens (tertiary/aromatic N) is 1. The summed E-state index contributed by atoms with van der Waals surface area (Å²) < 4.78 is 30.1. The zero-order valence-corrected chi connectivity index (χ0v) is 27.7. The van der Waals surface area contributed by atoms with Gasteiger partial charge in [-0.25, -0.2) is 19.2 Å². The third-order valence-electron chi connectivity index (χ3n) is 5.80. The van der Waals surface area contributed by atoms with Gasteiger partial charge in [0.15, 0.2) is 0 Å². The van der Waals surface area contributed by atoms with Crippen molar-refractivity contribution in [1.82, 2.24) is 10.6 Å². The second-order valence-electron chi connectivity index (χ2n) is 8.85. The zero-order valence-electron chi connectivity index (χ0n) is 27.0. The summed E-state index contributed by atoms with van der Waals surface area (Å²) in [6.45, 7) is 8.14. The highest BCUT2D eigenvalue weighted by Gasteiger charge is 2.39. The summed E-state index contributed by atoms with van der Waals surface area (Å²) in [4.78, 5) is 63.4. The van der Waals surface area contributed by atoms with Crippen molar-refractivity contribution in [2.45, 2.75) is 46.8 Å². The molecule has 0 saturated carbocycles. The standard InChI is InChI=1S/C28H34ClN3O13.C2H6/c1-5-41-26(34)24-21(31-17(2)22(25(33)39-4)23(24)19-10-6-7-11-20(19)29)16-40-15-12-30-27(35)42-13-8-9-14-43-28(36)44-18(3)45-32(37)38;1-2/h6-11,18,23,31H,5,12-16H2,1-4H3,(H,30,35);1-2H3/b9-8-;. The lowest BCUT2D eigenvalue weighted by molar-refractivity contribution is -0.777. The van der Waals surface area contributed by atoms with E-state index in [1.807, 2.05) is 13.8 Å². The van der Waals surface area contributed by atoms with Crippen LogP contribution in [0.1, 0.15) is 46.1 Å². The van der Waals surface area contributed by atoms with E-state index in [1.165, 1.54) is 19.3 Å². The van der Waals surface area contributed by atoms with E-state index >= 15 is 0 Å². The Hall–Kier alpha value is -4.83. The maximum Gasteiger partial charge on any atom is 0.510 e. The largest absolute Gasteiger partial charge is 0.510 e. The highest BCUT2D eigenvalue weighted by molar-refractivity contribution is 6.31. The van der Waals surface area contributed by atoms with E-state index in [1.54, 1.807) is 38.1 Å². The number of hydrogen-bond acceptors (Lipinski definition) is 14. The summed E-state index contributed by atoms with van der Waals surface area (Å²) in [5.74, 6) is -2.21. The van der Waals surface area contributed by atoms with Gasteiger partial charge in [-0.2, -0.15) is 0 Å². The van der Waals surface area contributed by atoms with Crippen LogP contribution in [-0.2, 0) is 42.8 Å². The van der Waals surface area contributed by atoms with Gasteiger partial charge >= 0.3 is 24.2 Å². The van der Waals surface area contributed by atoms with Gasteiger partial charge in [0.1, 0.15) is 13.2 Å². The van der Waals surface area contributed by atoms with Crippen LogP contribution in [0.2, 0.25) is 5.02 Å². The lowest BCUT2D eigenvalue weighted by Gasteiger charge is -2.31. The average molecular weight is 686 g/mol. The van der Waals surface area contributed by atoms with Crippen LogP contribution in [0, 0.1) is 10.1 Å². The summed E-state index contributed by atoms with van der Waals surface area (Å²) in [6, 6.07) is 6.81. The Morgan fingerprint density at radius 3 is 2.34 bits per heavy atom. The Labute approximate surface area is 277 Å². The minimum atomic E-state index is -1.44. The van der Waals surface area contributed by atoms with Crippen LogP contribution in [-0.4, -0.2) is 82.3 Å². The van der Waals surface area contributed by atoms with Gasteiger partial charge in [0.05, 0.1) is 49.7 Å². The summed E-state index contributed by atoms with van der Waals surface area (Å²) >= 11 is 6.49. The van der Waals surface area contributed by atoms with Crippen molar-refractivity contribution in [3.05, 3.63) is 79.7 Å². The number of rotatable bonds is 16. The average Bonchev–Trinajstić information content (AvgIpc) is 3.02. The lowest BCUT2D eigenvalue weighted by Crippen LogP contribution is -2.35. The quantitative estimate of drug-likeness (QED) is 0.0474. The van der Waals surface area contributed by atoms with E-state index in [0.717, 1.165) is 6.92 Å². The molecule has 17 heteroatoms. The maximum atomic E-state index is 13.2. The molecule has 0 aliphatic carbocycles. The van der Waals surface area contributed by atoms with Crippen molar-refractivity contribution in [2.24, 2.45) is 0 Å². The molecule has 1 aliphatic rings. The monoisotopic (exact) mass is 685 g/mol. The van der Waals surface area contributed by atoms with Gasteiger partial charge in [-0.1, -0.05) is 43.6 Å². The minimum absolute atomic E-state index is 0.0319. The Morgan fingerprint density at radius 2 is 1.72 bits per heavy atom. The zero-order chi connectivity index (χ0) is 35.4. The molecule has 1 aromatic rings. The van der Waals surface area contributed by atoms with Gasteiger partial charge in [-0.3, -0.25) is 4.84 Å². The number of benzene rings is 1. The fraction of sp³-hybridized carbons (Fsp3) is 0.467. The second-order valence-corrected chi connectivity index (χ2v) is 9.25. The SMILES string of the molecule is CC.CCOC(=O)C1=C(COCCNC(=O)OC/C=C\COC(=O)OC(C)O[N+](=O)[O-])NC(C)=C(C(=O)OC)C1c1ccccc1Cl. The number of hydrogen-bond donors (Lipinski definition) is 2. The van der Waals surface area contributed by atoms with E-state index in [4.69, 9.17) is 30.5 Å². The third-order valence-corrected chi connectivity index (χ3v) is 6.14. The molecule has 1 heterocycles. The fourth-order valence-electron chi connectivity index (χ4n) is 4.00. The molecular formula is C30H40ClN3O13. The Bertz CT molecular complexity index is 1330. The van der Waals surface area contributed by atoms with Crippen LogP contribution in [0.5, 0.6) is 0 Å². The predicted octanol–water partition coefficient (Wildman–Crippen LogP) is 4.32. The van der Waals surface area contributed by atoms with Gasteiger partial charge in [-0.05, 0) is 44.6 Å². The van der Waals surface area contributed by atoms with Crippen molar-refractivity contribution in [1.29, 1.82) is 0 Å². The van der Waals surface area contributed by atoms with E-state index in [-0.39, 0.29) is 50.7 Å². The van der Waals surface area contributed by atoms with E-state index in [0.29, 0.717) is 22.0 Å². The van der Waals surface area contributed by atoms with Gasteiger partial charge in [0.25, 0.3) is 5.09 Å². The number of methoxy groups -OCH3 is 1. The van der Waals surface area contributed by atoms with Gasteiger partial charge in [0.2, 0.25) is 6.29 Å². The molecule has 1 aliphatic heterocycles. The van der Waals surface area contributed by atoms with Gasteiger partial charge < -0.3 is 39.1 Å². The van der Waals surface area contributed by atoms with Crippen molar-refractivity contribution >= 4 is 35.8 Å². The maximum absolute atomic E-state index is 13.2. The second kappa shape index (κ2) is 21.8. The van der Waals surface area contributed by atoms with Crippen molar-refractivity contribution in [3.63, 3.8) is 0 Å². The fourth-order valence-corrected chi connectivity index (χ4v) is 4.24. The van der Waals surface area contributed by atoms with Crippen molar-refractivity contribution < 1.29 is 57.5 Å². The molecule has 1 aromatic carbocycles. The molecule has 260 valence electrons. The van der Waals surface area contributed by atoms with E-state index in [9.17, 15) is 29.3 Å². The Morgan fingerprint density at radius 1 is 1.06 bits per heavy atom.